The van der Waals surface area contributed by atoms with E-state index in [2.05, 4.69) is 32.7 Å². The molecule has 3 N–H and O–H groups in total. The normalized spacial score (nSPS) is 14.2. The summed E-state index contributed by atoms with van der Waals surface area (Å²) >= 11 is 0. The van der Waals surface area contributed by atoms with Crippen molar-refractivity contribution in [3.63, 3.8) is 0 Å². The lowest BCUT2D eigenvalue weighted by molar-refractivity contribution is 0.197. The Kier molecular flexibility index (Phi) is 12.5. The van der Waals surface area contributed by atoms with Crippen LogP contribution in [0.1, 0.15) is 48.5 Å². The second-order valence-corrected chi connectivity index (χ2v) is 5.49. The standard InChI is InChI=1S/C15H28N2O.C2H6/c1-7-12(3)9-14(8-2)18-11-13(16)10-17-15(4,5)6;1-2/h7-9,13,17H,1,10-11,16H2,2-6H3;1-2H3/b12-9-,14-8+;. The summed E-state index contributed by atoms with van der Waals surface area (Å²) in [5, 5.41) is 3.36. The van der Waals surface area contributed by atoms with Gasteiger partial charge < -0.3 is 15.8 Å². The van der Waals surface area contributed by atoms with E-state index >= 15 is 0 Å². The number of allylic oxidation sites excluding steroid dienone is 4. The second kappa shape index (κ2) is 11.7. The van der Waals surface area contributed by atoms with Gasteiger partial charge in [0.25, 0.3) is 0 Å². The van der Waals surface area contributed by atoms with E-state index < -0.39 is 0 Å². The van der Waals surface area contributed by atoms with Crippen molar-refractivity contribution >= 4 is 0 Å². The first-order valence-corrected chi connectivity index (χ1v) is 7.39. The van der Waals surface area contributed by atoms with Gasteiger partial charge in [0.1, 0.15) is 12.4 Å². The smallest absolute Gasteiger partial charge is 0.115 e. The van der Waals surface area contributed by atoms with Gasteiger partial charge in [-0.3, -0.25) is 0 Å². The zero-order valence-electron chi connectivity index (χ0n) is 14.4. The van der Waals surface area contributed by atoms with Gasteiger partial charge >= 0.3 is 0 Å². The van der Waals surface area contributed by atoms with Gasteiger partial charge in [-0.25, -0.2) is 0 Å². The van der Waals surface area contributed by atoms with Crippen LogP contribution in [0.25, 0.3) is 0 Å². The third kappa shape index (κ3) is 13.4. The van der Waals surface area contributed by atoms with E-state index in [9.17, 15) is 0 Å². The average Bonchev–Trinajstić information content (AvgIpc) is 2.42. The summed E-state index contributed by atoms with van der Waals surface area (Å²) in [6.07, 6.45) is 5.68. The molecule has 3 heteroatoms. The predicted octanol–water partition coefficient (Wildman–Crippen LogP) is 3.78. The van der Waals surface area contributed by atoms with E-state index in [4.69, 9.17) is 10.5 Å². The van der Waals surface area contributed by atoms with Gasteiger partial charge in [-0.15, -0.1) is 0 Å². The van der Waals surface area contributed by atoms with Gasteiger partial charge in [-0.05, 0) is 52.3 Å². The highest BCUT2D eigenvalue weighted by atomic mass is 16.5. The van der Waals surface area contributed by atoms with Gasteiger partial charge in [-0.2, -0.15) is 0 Å². The second-order valence-electron chi connectivity index (χ2n) is 5.49. The third-order valence-corrected chi connectivity index (χ3v) is 2.34. The first-order valence-electron chi connectivity index (χ1n) is 7.39. The van der Waals surface area contributed by atoms with E-state index in [1.54, 1.807) is 6.08 Å². The Morgan fingerprint density at radius 1 is 1.35 bits per heavy atom. The number of hydrogen-bond donors (Lipinski definition) is 2. The number of nitrogens with one attached hydrogen (secondary N) is 1. The summed E-state index contributed by atoms with van der Waals surface area (Å²) in [6, 6.07) is -0.0170. The molecule has 0 fully saturated rings. The summed E-state index contributed by atoms with van der Waals surface area (Å²) in [4.78, 5) is 0. The minimum Gasteiger partial charge on any atom is -0.492 e. The predicted molar refractivity (Wildman–Crippen MR) is 90.7 cm³/mol. The molecule has 118 valence electrons. The first kappa shape index (κ1) is 21.2. The zero-order valence-corrected chi connectivity index (χ0v) is 14.4. The van der Waals surface area contributed by atoms with Crippen LogP contribution in [-0.2, 0) is 4.74 Å². The molecule has 1 unspecified atom stereocenters. The van der Waals surface area contributed by atoms with Crippen molar-refractivity contribution in [2.45, 2.75) is 60.0 Å². The maximum absolute atomic E-state index is 5.99. The summed E-state index contributed by atoms with van der Waals surface area (Å²) in [5.41, 5.74) is 7.15. The average molecular weight is 282 g/mol. The lowest BCUT2D eigenvalue weighted by Gasteiger charge is -2.23. The molecule has 0 aromatic rings. The Bertz CT molecular complexity index is 311. The molecule has 0 saturated carbocycles. The van der Waals surface area contributed by atoms with E-state index in [-0.39, 0.29) is 11.6 Å². The summed E-state index contributed by atoms with van der Waals surface area (Å²) in [6.45, 7) is 19.2. The highest BCUT2D eigenvalue weighted by Gasteiger charge is 2.11. The van der Waals surface area contributed by atoms with Crippen LogP contribution in [0.3, 0.4) is 0 Å². The van der Waals surface area contributed by atoms with Crippen LogP contribution >= 0.6 is 0 Å². The van der Waals surface area contributed by atoms with Crippen LogP contribution in [0.15, 0.2) is 36.1 Å². The van der Waals surface area contributed by atoms with Crippen LogP contribution in [0, 0.1) is 0 Å². The molecular formula is C17H34N2O. The molecule has 0 aromatic heterocycles. The molecule has 0 aliphatic carbocycles. The zero-order chi connectivity index (χ0) is 16.2. The number of rotatable bonds is 7. The summed E-state index contributed by atoms with van der Waals surface area (Å²) in [7, 11) is 0. The lowest BCUT2D eigenvalue weighted by atomic mass is 10.1. The molecular weight excluding hydrogens is 248 g/mol. The van der Waals surface area contributed by atoms with Crippen molar-refractivity contribution in [3.8, 4) is 0 Å². The summed E-state index contributed by atoms with van der Waals surface area (Å²) in [5.74, 6) is 0.832. The number of nitrogens with two attached hydrogens (primary N) is 1. The van der Waals surface area contributed by atoms with Gasteiger partial charge in [0.15, 0.2) is 0 Å². The molecule has 0 saturated heterocycles. The molecule has 3 nitrogen and oxygen atoms in total. The third-order valence-electron chi connectivity index (χ3n) is 2.34. The first-order chi connectivity index (χ1) is 9.28. The Balaban J connectivity index is 0. The van der Waals surface area contributed by atoms with E-state index in [1.807, 2.05) is 39.8 Å². The van der Waals surface area contributed by atoms with Crippen LogP contribution in [-0.4, -0.2) is 24.7 Å². The molecule has 0 radical (unpaired) electrons. The number of hydrogen-bond acceptors (Lipinski definition) is 3. The maximum Gasteiger partial charge on any atom is 0.115 e. The van der Waals surface area contributed by atoms with Crippen molar-refractivity contribution in [1.29, 1.82) is 0 Å². The van der Waals surface area contributed by atoms with Crippen molar-refractivity contribution in [2.75, 3.05) is 13.2 Å². The topological polar surface area (TPSA) is 47.3 Å². The fourth-order valence-electron chi connectivity index (χ4n) is 1.19. The van der Waals surface area contributed by atoms with Gasteiger partial charge in [0.05, 0.1) is 6.04 Å². The van der Waals surface area contributed by atoms with Crippen molar-refractivity contribution in [3.05, 3.63) is 36.1 Å². The number of ether oxygens (including phenoxy) is 1. The Labute approximate surface area is 126 Å². The largest absolute Gasteiger partial charge is 0.492 e. The maximum atomic E-state index is 5.99. The molecule has 0 amide bonds. The monoisotopic (exact) mass is 282 g/mol. The van der Waals surface area contributed by atoms with E-state index in [1.165, 1.54) is 0 Å². The molecule has 20 heavy (non-hydrogen) atoms. The minimum absolute atomic E-state index is 0.0170. The SMILES string of the molecule is C=C/C(C)=C\C(=C/C)OCC(N)CNC(C)(C)C.CC. The summed E-state index contributed by atoms with van der Waals surface area (Å²) < 4.78 is 5.66. The Hall–Kier alpha value is -1.06. The molecule has 1 atom stereocenters. The van der Waals surface area contributed by atoms with Crippen LogP contribution in [0.2, 0.25) is 0 Å². The van der Waals surface area contributed by atoms with Crippen LogP contribution < -0.4 is 11.1 Å². The molecule has 0 rings (SSSR count). The molecule has 0 spiro atoms. The fraction of sp³-hybridized carbons (Fsp3) is 0.647. The molecule has 0 aliphatic rings. The Morgan fingerprint density at radius 3 is 2.30 bits per heavy atom. The quantitative estimate of drug-likeness (QED) is 0.552. The van der Waals surface area contributed by atoms with Gasteiger partial charge in [0.2, 0.25) is 0 Å². The molecule has 0 aliphatic heterocycles. The van der Waals surface area contributed by atoms with Gasteiger partial charge in [-0.1, -0.05) is 26.5 Å². The molecule has 0 aromatic carbocycles. The molecule has 0 heterocycles. The van der Waals surface area contributed by atoms with Crippen molar-refractivity contribution in [1.82, 2.24) is 5.32 Å². The highest BCUT2D eigenvalue weighted by molar-refractivity contribution is 5.23. The van der Waals surface area contributed by atoms with Crippen molar-refractivity contribution in [2.24, 2.45) is 5.73 Å². The van der Waals surface area contributed by atoms with Crippen LogP contribution in [0.5, 0.6) is 0 Å². The van der Waals surface area contributed by atoms with Gasteiger partial charge in [0, 0.05) is 12.1 Å². The Morgan fingerprint density at radius 2 is 1.90 bits per heavy atom. The fourth-order valence-corrected chi connectivity index (χ4v) is 1.19. The van der Waals surface area contributed by atoms with Crippen molar-refractivity contribution < 1.29 is 4.74 Å². The highest BCUT2D eigenvalue weighted by Crippen LogP contribution is 2.06. The minimum atomic E-state index is -0.0170. The van der Waals surface area contributed by atoms with Crippen LogP contribution in [0.4, 0.5) is 0 Å². The van der Waals surface area contributed by atoms with E-state index in [0.29, 0.717) is 6.61 Å². The van der Waals surface area contributed by atoms with E-state index in [0.717, 1.165) is 17.9 Å². The lowest BCUT2D eigenvalue weighted by Crippen LogP contribution is -2.45. The molecule has 0 bridgehead atoms.